The number of carbonyl (C=O) groups excluding carboxylic acids is 1. The molecule has 1 amide bonds. The summed E-state index contributed by atoms with van der Waals surface area (Å²) < 4.78 is 5.37. The van der Waals surface area contributed by atoms with E-state index in [0.717, 1.165) is 17.5 Å². The highest BCUT2D eigenvalue weighted by Crippen LogP contribution is 2.16. The van der Waals surface area contributed by atoms with E-state index in [1.807, 2.05) is 71.6 Å². The lowest BCUT2D eigenvalue weighted by molar-refractivity contribution is -0.128. The van der Waals surface area contributed by atoms with Crippen molar-refractivity contribution in [2.75, 3.05) is 6.54 Å². The van der Waals surface area contributed by atoms with E-state index in [1.54, 1.807) is 6.08 Å². The summed E-state index contributed by atoms with van der Waals surface area (Å²) in [5.74, 6) is 1.09. The summed E-state index contributed by atoms with van der Waals surface area (Å²) in [6.07, 6.45) is 4.88. The van der Waals surface area contributed by atoms with Crippen LogP contribution in [0.1, 0.15) is 31.7 Å². The molecule has 2 aromatic carbocycles. The lowest BCUT2D eigenvalue weighted by atomic mass is 10.1. The Morgan fingerprint density at radius 3 is 2.46 bits per heavy atom. The second-order valence-corrected chi connectivity index (χ2v) is 6.66. The first kappa shape index (κ1) is 19.5. The van der Waals surface area contributed by atoms with Crippen molar-refractivity contribution in [3.63, 3.8) is 0 Å². The first-order chi connectivity index (χ1) is 13.7. The number of aromatic nitrogens is 2. The molecule has 0 N–H and O–H groups in total. The standard InChI is InChI=1S/C23H25N3O2/c1-3-18(2)26(22(27)15-14-19-10-6-4-7-11-19)17-16-21-24-23(25-28-21)20-12-8-5-9-13-20/h4-15,18H,3,16-17H2,1-2H3. The van der Waals surface area contributed by atoms with E-state index >= 15 is 0 Å². The maximum Gasteiger partial charge on any atom is 0.246 e. The third-order valence-electron chi connectivity index (χ3n) is 4.69. The Kier molecular flexibility index (Phi) is 6.73. The van der Waals surface area contributed by atoms with E-state index in [0.29, 0.717) is 24.7 Å². The summed E-state index contributed by atoms with van der Waals surface area (Å²) in [7, 11) is 0. The number of carbonyl (C=O) groups is 1. The Morgan fingerprint density at radius 1 is 1.11 bits per heavy atom. The van der Waals surface area contributed by atoms with Gasteiger partial charge < -0.3 is 9.42 Å². The minimum absolute atomic E-state index is 0.0130. The Hall–Kier alpha value is -3.21. The average Bonchev–Trinajstić information content (AvgIpc) is 3.22. The van der Waals surface area contributed by atoms with Crippen LogP contribution in [0, 0.1) is 0 Å². The fraction of sp³-hybridized carbons (Fsp3) is 0.261. The summed E-state index contributed by atoms with van der Waals surface area (Å²) in [4.78, 5) is 19.0. The smallest absolute Gasteiger partial charge is 0.246 e. The molecule has 0 radical (unpaired) electrons. The second-order valence-electron chi connectivity index (χ2n) is 6.66. The van der Waals surface area contributed by atoms with E-state index in [-0.39, 0.29) is 11.9 Å². The third kappa shape index (κ3) is 5.16. The van der Waals surface area contributed by atoms with Crippen molar-refractivity contribution in [3.8, 4) is 11.4 Å². The number of nitrogens with zero attached hydrogens (tertiary/aromatic N) is 3. The monoisotopic (exact) mass is 375 g/mol. The van der Waals surface area contributed by atoms with Crippen LogP contribution in [0.25, 0.3) is 17.5 Å². The quantitative estimate of drug-likeness (QED) is 0.539. The van der Waals surface area contributed by atoms with Gasteiger partial charge in [-0.1, -0.05) is 72.7 Å². The van der Waals surface area contributed by atoms with Crippen molar-refractivity contribution in [3.05, 3.63) is 78.2 Å². The predicted octanol–water partition coefficient (Wildman–Crippen LogP) is 4.62. The predicted molar refractivity (Wildman–Crippen MR) is 110 cm³/mol. The van der Waals surface area contributed by atoms with Crippen molar-refractivity contribution < 1.29 is 9.32 Å². The Labute approximate surface area is 165 Å². The molecule has 5 heteroatoms. The lowest BCUT2D eigenvalue weighted by Gasteiger charge is -2.27. The number of benzene rings is 2. The minimum Gasteiger partial charge on any atom is -0.339 e. The van der Waals surface area contributed by atoms with Gasteiger partial charge in [-0.2, -0.15) is 4.98 Å². The van der Waals surface area contributed by atoms with Crippen LogP contribution in [-0.4, -0.2) is 33.5 Å². The zero-order chi connectivity index (χ0) is 19.8. The summed E-state index contributed by atoms with van der Waals surface area (Å²) in [5, 5.41) is 4.05. The molecule has 0 fully saturated rings. The van der Waals surface area contributed by atoms with Crippen LogP contribution in [0.4, 0.5) is 0 Å². The SMILES string of the molecule is CCC(C)N(CCc1nc(-c2ccccc2)no1)C(=O)C=Cc1ccccc1. The first-order valence-corrected chi connectivity index (χ1v) is 9.59. The van der Waals surface area contributed by atoms with Gasteiger partial charge in [-0.25, -0.2) is 0 Å². The highest BCUT2D eigenvalue weighted by atomic mass is 16.5. The lowest BCUT2D eigenvalue weighted by Crippen LogP contribution is -2.38. The molecule has 1 heterocycles. The molecule has 0 saturated heterocycles. The van der Waals surface area contributed by atoms with E-state index in [9.17, 15) is 4.79 Å². The summed E-state index contributed by atoms with van der Waals surface area (Å²) in [5.41, 5.74) is 1.92. The molecule has 0 aliphatic rings. The normalized spacial score (nSPS) is 12.2. The van der Waals surface area contributed by atoms with Crippen molar-refractivity contribution in [1.29, 1.82) is 0 Å². The molecule has 0 aliphatic carbocycles. The van der Waals surface area contributed by atoms with Gasteiger partial charge in [0.25, 0.3) is 0 Å². The van der Waals surface area contributed by atoms with Crippen LogP contribution in [0.3, 0.4) is 0 Å². The molecule has 0 spiro atoms. The van der Waals surface area contributed by atoms with Crippen LogP contribution in [0.15, 0.2) is 71.3 Å². The summed E-state index contributed by atoms with van der Waals surface area (Å²) in [6, 6.07) is 19.7. The zero-order valence-corrected chi connectivity index (χ0v) is 16.3. The first-order valence-electron chi connectivity index (χ1n) is 9.59. The van der Waals surface area contributed by atoms with Gasteiger partial charge in [-0.15, -0.1) is 0 Å². The summed E-state index contributed by atoms with van der Waals surface area (Å²) >= 11 is 0. The topological polar surface area (TPSA) is 59.2 Å². The van der Waals surface area contributed by atoms with Gasteiger partial charge in [-0.3, -0.25) is 4.79 Å². The van der Waals surface area contributed by atoms with Crippen molar-refractivity contribution in [2.24, 2.45) is 0 Å². The van der Waals surface area contributed by atoms with E-state index < -0.39 is 0 Å². The highest BCUT2D eigenvalue weighted by Gasteiger charge is 2.18. The van der Waals surface area contributed by atoms with Gasteiger partial charge in [0.05, 0.1) is 0 Å². The molecule has 0 saturated carbocycles. The highest BCUT2D eigenvalue weighted by molar-refractivity contribution is 5.92. The Balaban J connectivity index is 1.65. The van der Waals surface area contributed by atoms with Crippen LogP contribution >= 0.6 is 0 Å². The molecule has 5 nitrogen and oxygen atoms in total. The number of hydrogen-bond acceptors (Lipinski definition) is 4. The number of hydrogen-bond donors (Lipinski definition) is 0. The van der Waals surface area contributed by atoms with E-state index in [2.05, 4.69) is 24.0 Å². The molecule has 28 heavy (non-hydrogen) atoms. The molecule has 144 valence electrons. The molecule has 3 aromatic rings. The van der Waals surface area contributed by atoms with Gasteiger partial charge in [0.15, 0.2) is 0 Å². The number of amides is 1. The molecule has 0 bridgehead atoms. The van der Waals surface area contributed by atoms with Crippen molar-refractivity contribution in [2.45, 2.75) is 32.7 Å². The fourth-order valence-electron chi connectivity index (χ4n) is 2.87. The molecule has 1 unspecified atom stereocenters. The van der Waals surface area contributed by atoms with Gasteiger partial charge in [0.2, 0.25) is 17.6 Å². The van der Waals surface area contributed by atoms with E-state index in [4.69, 9.17) is 4.52 Å². The van der Waals surface area contributed by atoms with E-state index in [1.165, 1.54) is 0 Å². The molecular weight excluding hydrogens is 350 g/mol. The van der Waals surface area contributed by atoms with Crippen molar-refractivity contribution in [1.82, 2.24) is 15.0 Å². The molecule has 3 rings (SSSR count). The molecule has 1 atom stereocenters. The van der Waals surface area contributed by atoms with Crippen LogP contribution in [0.5, 0.6) is 0 Å². The molecular formula is C23H25N3O2. The Morgan fingerprint density at radius 2 is 1.79 bits per heavy atom. The molecule has 0 aliphatic heterocycles. The zero-order valence-electron chi connectivity index (χ0n) is 16.3. The van der Waals surface area contributed by atoms with Gasteiger partial charge in [0, 0.05) is 30.6 Å². The largest absolute Gasteiger partial charge is 0.339 e. The van der Waals surface area contributed by atoms with Crippen LogP contribution < -0.4 is 0 Å². The number of rotatable bonds is 8. The van der Waals surface area contributed by atoms with Crippen molar-refractivity contribution >= 4 is 12.0 Å². The maximum atomic E-state index is 12.7. The van der Waals surface area contributed by atoms with Gasteiger partial charge in [-0.05, 0) is 25.0 Å². The average molecular weight is 375 g/mol. The third-order valence-corrected chi connectivity index (χ3v) is 4.69. The maximum absolute atomic E-state index is 12.7. The fourth-order valence-corrected chi connectivity index (χ4v) is 2.87. The van der Waals surface area contributed by atoms with Gasteiger partial charge in [0.1, 0.15) is 0 Å². The van der Waals surface area contributed by atoms with Crippen LogP contribution in [-0.2, 0) is 11.2 Å². The minimum atomic E-state index is -0.0130. The summed E-state index contributed by atoms with van der Waals surface area (Å²) in [6.45, 7) is 4.66. The second kappa shape index (κ2) is 9.65. The Bertz CT molecular complexity index is 904. The van der Waals surface area contributed by atoms with Crippen LogP contribution in [0.2, 0.25) is 0 Å². The molecule has 1 aromatic heterocycles. The van der Waals surface area contributed by atoms with Gasteiger partial charge >= 0.3 is 0 Å².